The van der Waals surface area contributed by atoms with Crippen LogP contribution < -0.4 is 5.73 Å². The molecule has 1 atom stereocenters. The van der Waals surface area contributed by atoms with Crippen LogP contribution in [0.3, 0.4) is 0 Å². The fourth-order valence-corrected chi connectivity index (χ4v) is 2.03. The van der Waals surface area contributed by atoms with Gasteiger partial charge in [0.05, 0.1) is 6.20 Å². The second-order valence-electron chi connectivity index (χ2n) is 3.83. The molecule has 1 heterocycles. The predicted octanol–water partition coefficient (Wildman–Crippen LogP) is 3.07. The zero-order chi connectivity index (χ0) is 12.3. The van der Waals surface area contributed by atoms with E-state index in [1.807, 2.05) is 24.3 Å². The summed E-state index contributed by atoms with van der Waals surface area (Å²) in [5.41, 5.74) is 7.61. The van der Waals surface area contributed by atoms with Gasteiger partial charge in [-0.25, -0.2) is 4.39 Å². The lowest BCUT2D eigenvalue weighted by atomic mass is 10.0. The Labute approximate surface area is 113 Å². The van der Waals surface area contributed by atoms with Gasteiger partial charge in [-0.2, -0.15) is 0 Å². The van der Waals surface area contributed by atoms with Gasteiger partial charge in [-0.1, -0.05) is 12.1 Å². The maximum atomic E-state index is 13.5. The van der Waals surface area contributed by atoms with Crippen molar-refractivity contribution in [3.63, 3.8) is 0 Å². The molecular weight excluding hydrogens is 330 g/mol. The Morgan fingerprint density at radius 1 is 1.24 bits per heavy atom. The van der Waals surface area contributed by atoms with E-state index in [1.165, 1.54) is 9.77 Å². The predicted molar refractivity (Wildman–Crippen MR) is 74.0 cm³/mol. The minimum Gasteiger partial charge on any atom is -0.324 e. The van der Waals surface area contributed by atoms with Gasteiger partial charge in [0.25, 0.3) is 0 Å². The van der Waals surface area contributed by atoms with E-state index < -0.39 is 0 Å². The summed E-state index contributed by atoms with van der Waals surface area (Å²) in [5.74, 6) is -0.342. The molecule has 2 N–H and O–H groups in total. The van der Waals surface area contributed by atoms with Crippen molar-refractivity contribution in [1.82, 2.24) is 4.98 Å². The zero-order valence-corrected chi connectivity index (χ0v) is 11.3. The van der Waals surface area contributed by atoms with E-state index in [1.54, 1.807) is 12.3 Å². The van der Waals surface area contributed by atoms with Crippen LogP contribution in [0.4, 0.5) is 4.39 Å². The highest BCUT2D eigenvalue weighted by molar-refractivity contribution is 14.1. The molecule has 2 nitrogen and oxygen atoms in total. The fraction of sp³-hybridized carbons (Fsp3) is 0.154. The van der Waals surface area contributed by atoms with Crippen LogP contribution in [0, 0.1) is 9.39 Å². The summed E-state index contributed by atoms with van der Waals surface area (Å²) in [7, 11) is 0. The van der Waals surface area contributed by atoms with Crippen molar-refractivity contribution >= 4 is 22.6 Å². The van der Waals surface area contributed by atoms with Crippen molar-refractivity contribution < 1.29 is 4.39 Å². The average Bonchev–Trinajstić information content (AvgIpc) is 2.32. The topological polar surface area (TPSA) is 38.9 Å². The van der Waals surface area contributed by atoms with Crippen LogP contribution >= 0.6 is 22.6 Å². The number of halogens is 2. The van der Waals surface area contributed by atoms with Gasteiger partial charge >= 0.3 is 0 Å². The molecule has 2 aromatic rings. The van der Waals surface area contributed by atoms with Gasteiger partial charge in [-0.15, -0.1) is 0 Å². The molecule has 1 unspecified atom stereocenters. The highest BCUT2D eigenvalue weighted by Crippen LogP contribution is 2.18. The van der Waals surface area contributed by atoms with Crippen molar-refractivity contribution in [2.24, 2.45) is 5.73 Å². The summed E-state index contributed by atoms with van der Waals surface area (Å²) in [6.45, 7) is 0. The van der Waals surface area contributed by atoms with Crippen LogP contribution in [-0.4, -0.2) is 4.98 Å². The van der Waals surface area contributed by atoms with E-state index in [-0.39, 0.29) is 11.9 Å². The molecule has 2 rings (SSSR count). The first kappa shape index (κ1) is 12.4. The number of rotatable bonds is 3. The van der Waals surface area contributed by atoms with E-state index in [0.717, 1.165) is 5.56 Å². The monoisotopic (exact) mass is 342 g/mol. The Morgan fingerprint density at radius 2 is 1.94 bits per heavy atom. The summed E-state index contributed by atoms with van der Waals surface area (Å²) in [4.78, 5) is 3.71. The van der Waals surface area contributed by atoms with Gasteiger partial charge in [0.2, 0.25) is 0 Å². The summed E-state index contributed by atoms with van der Waals surface area (Å²) in [5, 5.41) is 0. The molecule has 0 aliphatic heterocycles. The number of hydrogen-bond donors (Lipinski definition) is 1. The van der Waals surface area contributed by atoms with Gasteiger partial charge in [0.15, 0.2) is 0 Å². The van der Waals surface area contributed by atoms with Crippen LogP contribution in [-0.2, 0) is 6.42 Å². The van der Waals surface area contributed by atoms with Crippen LogP contribution in [0.25, 0.3) is 0 Å². The first-order chi connectivity index (χ1) is 8.16. The van der Waals surface area contributed by atoms with Crippen molar-refractivity contribution in [2.45, 2.75) is 12.5 Å². The second-order valence-corrected chi connectivity index (χ2v) is 5.08. The van der Waals surface area contributed by atoms with Crippen LogP contribution in [0.1, 0.15) is 17.2 Å². The van der Waals surface area contributed by atoms with Crippen molar-refractivity contribution in [3.8, 4) is 0 Å². The summed E-state index contributed by atoms with van der Waals surface area (Å²) < 4.78 is 14.6. The number of pyridine rings is 1. The minimum absolute atomic E-state index is 0.335. The Morgan fingerprint density at radius 3 is 2.59 bits per heavy atom. The molecule has 0 amide bonds. The maximum Gasteiger partial charge on any atom is 0.146 e. The molecule has 0 saturated heterocycles. The number of nitrogens with zero attached hydrogens (tertiary/aromatic N) is 1. The number of hydrogen-bond acceptors (Lipinski definition) is 2. The molecule has 4 heteroatoms. The third-order valence-corrected chi connectivity index (χ3v) is 3.29. The molecule has 0 aliphatic rings. The van der Waals surface area contributed by atoms with Crippen molar-refractivity contribution in [2.75, 3.05) is 0 Å². The summed E-state index contributed by atoms with van der Waals surface area (Å²) >= 11 is 2.25. The lowest BCUT2D eigenvalue weighted by Gasteiger charge is -2.12. The van der Waals surface area contributed by atoms with Gasteiger partial charge in [0, 0.05) is 21.4 Å². The molecule has 1 aromatic carbocycles. The first-order valence-corrected chi connectivity index (χ1v) is 6.34. The van der Waals surface area contributed by atoms with Crippen LogP contribution in [0.2, 0.25) is 0 Å². The van der Waals surface area contributed by atoms with Gasteiger partial charge in [0.1, 0.15) is 5.82 Å². The summed E-state index contributed by atoms with van der Waals surface area (Å²) in [6, 6.07) is 9.36. The number of nitrogens with two attached hydrogens (primary N) is 1. The number of aromatic nitrogens is 1. The molecular formula is C13H12FIN2. The van der Waals surface area contributed by atoms with Crippen molar-refractivity contribution in [1.29, 1.82) is 0 Å². The lowest BCUT2D eigenvalue weighted by molar-refractivity contribution is 0.574. The Balaban J connectivity index is 2.14. The van der Waals surface area contributed by atoms with E-state index in [9.17, 15) is 4.39 Å². The molecule has 0 saturated carbocycles. The summed E-state index contributed by atoms with van der Waals surface area (Å²) in [6.07, 6.45) is 3.38. The minimum atomic E-state index is -0.342. The van der Waals surface area contributed by atoms with Gasteiger partial charge < -0.3 is 5.73 Å². The second kappa shape index (κ2) is 5.55. The molecule has 17 heavy (non-hydrogen) atoms. The Bertz CT molecular complexity index is 499. The highest BCUT2D eigenvalue weighted by atomic mass is 127. The van der Waals surface area contributed by atoms with E-state index in [2.05, 4.69) is 27.6 Å². The number of benzene rings is 1. The largest absolute Gasteiger partial charge is 0.324 e. The van der Waals surface area contributed by atoms with Crippen molar-refractivity contribution in [3.05, 3.63) is 63.2 Å². The van der Waals surface area contributed by atoms with E-state index in [0.29, 0.717) is 12.0 Å². The standard InChI is InChI=1S/C13H12FIN2/c14-12-8-17-6-5-11(12)13(16)7-9-1-3-10(15)4-2-9/h1-6,8,13H,7,16H2. The highest BCUT2D eigenvalue weighted by Gasteiger charge is 2.11. The Kier molecular flexibility index (Phi) is 4.06. The third-order valence-electron chi connectivity index (χ3n) is 2.57. The SMILES string of the molecule is NC(Cc1ccc(I)cc1)c1ccncc1F. The van der Waals surface area contributed by atoms with Gasteiger partial charge in [-0.05, 0) is 52.8 Å². The quantitative estimate of drug-likeness (QED) is 0.871. The molecule has 88 valence electrons. The maximum absolute atomic E-state index is 13.5. The van der Waals surface area contributed by atoms with Crippen LogP contribution in [0.15, 0.2) is 42.7 Å². The molecule has 0 fully saturated rings. The van der Waals surface area contributed by atoms with Gasteiger partial charge in [-0.3, -0.25) is 4.98 Å². The van der Waals surface area contributed by atoms with E-state index >= 15 is 0 Å². The third kappa shape index (κ3) is 3.23. The lowest BCUT2D eigenvalue weighted by Crippen LogP contribution is -2.15. The Hall–Kier alpha value is -1.01. The first-order valence-electron chi connectivity index (χ1n) is 5.26. The van der Waals surface area contributed by atoms with Crippen LogP contribution in [0.5, 0.6) is 0 Å². The van der Waals surface area contributed by atoms with E-state index in [4.69, 9.17) is 5.73 Å². The molecule has 0 spiro atoms. The molecule has 0 bridgehead atoms. The average molecular weight is 342 g/mol. The fourth-order valence-electron chi connectivity index (χ4n) is 1.67. The molecule has 1 aromatic heterocycles. The molecule has 0 radical (unpaired) electrons. The molecule has 0 aliphatic carbocycles. The zero-order valence-electron chi connectivity index (χ0n) is 9.11. The smallest absolute Gasteiger partial charge is 0.146 e. The normalized spacial score (nSPS) is 12.4.